The SMILES string of the molecule is O=C1CC[C@@H]2CCc3ccccc3N12. The number of rotatable bonds is 0. The van der Waals surface area contributed by atoms with Gasteiger partial charge in [-0.15, -0.1) is 0 Å². The van der Waals surface area contributed by atoms with Crippen molar-refractivity contribution in [1.82, 2.24) is 0 Å². The molecule has 1 aromatic carbocycles. The molecule has 1 saturated heterocycles. The van der Waals surface area contributed by atoms with Crippen LogP contribution in [0.25, 0.3) is 0 Å². The molecule has 1 aromatic rings. The summed E-state index contributed by atoms with van der Waals surface area (Å²) in [6.07, 6.45) is 4.06. The minimum atomic E-state index is 0.308. The van der Waals surface area contributed by atoms with Crippen molar-refractivity contribution in [1.29, 1.82) is 0 Å². The van der Waals surface area contributed by atoms with Crippen LogP contribution in [0.1, 0.15) is 24.8 Å². The van der Waals surface area contributed by atoms with E-state index in [2.05, 4.69) is 18.2 Å². The van der Waals surface area contributed by atoms with Crippen LogP contribution >= 0.6 is 0 Å². The van der Waals surface area contributed by atoms with Gasteiger partial charge < -0.3 is 4.90 Å². The second-order valence-corrected chi connectivity index (χ2v) is 4.12. The van der Waals surface area contributed by atoms with Crippen LogP contribution in [-0.4, -0.2) is 11.9 Å². The monoisotopic (exact) mass is 187 g/mol. The Morgan fingerprint density at radius 3 is 2.86 bits per heavy atom. The van der Waals surface area contributed by atoms with Gasteiger partial charge in [-0.25, -0.2) is 0 Å². The molecule has 72 valence electrons. The smallest absolute Gasteiger partial charge is 0.227 e. The Hall–Kier alpha value is -1.31. The molecule has 2 heterocycles. The number of hydrogen-bond donors (Lipinski definition) is 0. The van der Waals surface area contributed by atoms with E-state index >= 15 is 0 Å². The Balaban J connectivity index is 2.11. The maximum absolute atomic E-state index is 11.7. The van der Waals surface area contributed by atoms with Gasteiger partial charge in [0.1, 0.15) is 0 Å². The molecule has 0 unspecified atom stereocenters. The standard InChI is InChI=1S/C12H13NO/c14-12-8-7-10-6-5-9-3-1-2-4-11(9)13(10)12/h1-4,10H,5-8H2/t10-/m0/s1. The van der Waals surface area contributed by atoms with Crippen LogP contribution in [0.3, 0.4) is 0 Å². The minimum Gasteiger partial charge on any atom is -0.309 e. The highest BCUT2D eigenvalue weighted by Crippen LogP contribution is 2.36. The van der Waals surface area contributed by atoms with Gasteiger partial charge in [0, 0.05) is 18.2 Å². The lowest BCUT2D eigenvalue weighted by Crippen LogP contribution is -2.36. The van der Waals surface area contributed by atoms with Gasteiger partial charge in [-0.05, 0) is 30.9 Å². The third-order valence-corrected chi connectivity index (χ3v) is 3.32. The molecule has 0 saturated carbocycles. The molecule has 1 fully saturated rings. The quantitative estimate of drug-likeness (QED) is 0.609. The summed E-state index contributed by atoms with van der Waals surface area (Å²) in [4.78, 5) is 13.7. The van der Waals surface area contributed by atoms with E-state index in [0.717, 1.165) is 31.4 Å². The first-order chi connectivity index (χ1) is 6.86. The molecule has 0 spiro atoms. The molecule has 3 rings (SSSR count). The number of nitrogens with zero attached hydrogens (tertiary/aromatic N) is 1. The minimum absolute atomic E-state index is 0.308. The summed E-state index contributed by atoms with van der Waals surface area (Å²) in [5.74, 6) is 0.308. The summed E-state index contributed by atoms with van der Waals surface area (Å²) in [6, 6.07) is 8.77. The fourth-order valence-electron chi connectivity index (χ4n) is 2.63. The highest BCUT2D eigenvalue weighted by Gasteiger charge is 2.35. The molecule has 1 amide bonds. The van der Waals surface area contributed by atoms with E-state index in [4.69, 9.17) is 0 Å². The number of fused-ring (bicyclic) bond motifs is 3. The van der Waals surface area contributed by atoms with Crippen molar-refractivity contribution in [2.75, 3.05) is 4.90 Å². The van der Waals surface area contributed by atoms with Crippen molar-refractivity contribution >= 4 is 11.6 Å². The summed E-state index contributed by atoms with van der Waals surface area (Å²) in [7, 11) is 0. The second-order valence-electron chi connectivity index (χ2n) is 4.12. The van der Waals surface area contributed by atoms with E-state index in [0.29, 0.717) is 11.9 Å². The number of hydrogen-bond acceptors (Lipinski definition) is 1. The van der Waals surface area contributed by atoms with Crippen molar-refractivity contribution in [3.8, 4) is 0 Å². The molecule has 1 atom stereocenters. The van der Waals surface area contributed by atoms with E-state index in [1.54, 1.807) is 0 Å². The molecule has 0 radical (unpaired) electrons. The molecule has 2 nitrogen and oxygen atoms in total. The molecule has 0 aromatic heterocycles. The first-order valence-electron chi connectivity index (χ1n) is 5.26. The Bertz CT molecular complexity index is 386. The maximum Gasteiger partial charge on any atom is 0.227 e. The lowest BCUT2D eigenvalue weighted by molar-refractivity contribution is -0.117. The van der Waals surface area contributed by atoms with Crippen molar-refractivity contribution < 1.29 is 4.79 Å². The molecular formula is C12H13NO. The summed E-state index contributed by atoms with van der Waals surface area (Å²) in [5.41, 5.74) is 2.49. The number of aryl methyl sites for hydroxylation is 1. The lowest BCUT2D eigenvalue weighted by Gasteiger charge is -2.31. The zero-order valence-corrected chi connectivity index (χ0v) is 8.07. The number of amides is 1. The highest BCUT2D eigenvalue weighted by atomic mass is 16.2. The average molecular weight is 187 g/mol. The Labute approximate surface area is 83.5 Å². The molecule has 2 heteroatoms. The Morgan fingerprint density at radius 1 is 1.14 bits per heavy atom. The number of carbonyl (C=O) groups excluding carboxylic acids is 1. The van der Waals surface area contributed by atoms with Gasteiger partial charge in [-0.3, -0.25) is 4.79 Å². The number of benzene rings is 1. The highest BCUT2D eigenvalue weighted by molar-refractivity contribution is 5.97. The van der Waals surface area contributed by atoms with Gasteiger partial charge in [0.25, 0.3) is 0 Å². The van der Waals surface area contributed by atoms with Gasteiger partial charge in [0.15, 0.2) is 0 Å². The van der Waals surface area contributed by atoms with Gasteiger partial charge >= 0.3 is 0 Å². The predicted molar refractivity (Wildman–Crippen MR) is 55.3 cm³/mol. The second kappa shape index (κ2) is 2.84. The number of carbonyl (C=O) groups is 1. The topological polar surface area (TPSA) is 20.3 Å². The zero-order valence-electron chi connectivity index (χ0n) is 8.07. The zero-order chi connectivity index (χ0) is 9.54. The number of para-hydroxylation sites is 1. The third-order valence-electron chi connectivity index (χ3n) is 3.32. The van der Waals surface area contributed by atoms with Crippen molar-refractivity contribution in [2.45, 2.75) is 31.7 Å². The number of anilines is 1. The first kappa shape index (κ1) is 8.04. The molecule has 2 aliphatic rings. The Morgan fingerprint density at radius 2 is 1.93 bits per heavy atom. The Kier molecular flexibility index (Phi) is 1.63. The fourth-order valence-corrected chi connectivity index (χ4v) is 2.63. The summed E-state index contributed by atoms with van der Waals surface area (Å²) in [6.45, 7) is 0. The van der Waals surface area contributed by atoms with Crippen molar-refractivity contribution in [2.24, 2.45) is 0 Å². The molecule has 14 heavy (non-hydrogen) atoms. The molecular weight excluding hydrogens is 174 g/mol. The van der Waals surface area contributed by atoms with E-state index in [1.165, 1.54) is 5.56 Å². The summed E-state index contributed by atoms with van der Waals surface area (Å²) in [5, 5.41) is 0. The van der Waals surface area contributed by atoms with Gasteiger partial charge in [-0.2, -0.15) is 0 Å². The van der Waals surface area contributed by atoms with Crippen molar-refractivity contribution in [3.63, 3.8) is 0 Å². The van der Waals surface area contributed by atoms with E-state index in [-0.39, 0.29) is 0 Å². The first-order valence-corrected chi connectivity index (χ1v) is 5.26. The molecule has 2 aliphatic heterocycles. The normalized spacial score (nSPS) is 24.7. The summed E-state index contributed by atoms with van der Waals surface area (Å²) < 4.78 is 0. The van der Waals surface area contributed by atoms with Crippen LogP contribution in [0.5, 0.6) is 0 Å². The largest absolute Gasteiger partial charge is 0.309 e. The van der Waals surface area contributed by atoms with Crippen LogP contribution in [-0.2, 0) is 11.2 Å². The van der Waals surface area contributed by atoms with Gasteiger partial charge in [0.05, 0.1) is 0 Å². The molecule has 0 aliphatic carbocycles. The predicted octanol–water partition coefficient (Wildman–Crippen LogP) is 2.13. The fraction of sp³-hybridized carbons (Fsp3) is 0.417. The van der Waals surface area contributed by atoms with E-state index < -0.39 is 0 Å². The van der Waals surface area contributed by atoms with Crippen LogP contribution in [0, 0.1) is 0 Å². The lowest BCUT2D eigenvalue weighted by atomic mass is 9.97. The molecule has 0 bridgehead atoms. The van der Waals surface area contributed by atoms with Gasteiger partial charge in [0.2, 0.25) is 5.91 Å². The van der Waals surface area contributed by atoms with Crippen molar-refractivity contribution in [3.05, 3.63) is 29.8 Å². The third kappa shape index (κ3) is 0.999. The van der Waals surface area contributed by atoms with Crippen LogP contribution in [0.2, 0.25) is 0 Å². The van der Waals surface area contributed by atoms with Crippen LogP contribution < -0.4 is 4.90 Å². The van der Waals surface area contributed by atoms with E-state index in [9.17, 15) is 4.79 Å². The molecule has 0 N–H and O–H groups in total. The average Bonchev–Trinajstić information content (AvgIpc) is 2.61. The summed E-state index contributed by atoms with van der Waals surface area (Å²) >= 11 is 0. The maximum atomic E-state index is 11.7. The van der Waals surface area contributed by atoms with Crippen LogP contribution in [0.4, 0.5) is 5.69 Å². The van der Waals surface area contributed by atoms with E-state index in [1.807, 2.05) is 11.0 Å². The van der Waals surface area contributed by atoms with Crippen LogP contribution in [0.15, 0.2) is 24.3 Å². The van der Waals surface area contributed by atoms with Gasteiger partial charge in [-0.1, -0.05) is 18.2 Å².